The number of piperidine rings is 1. The Morgan fingerprint density at radius 1 is 1.00 bits per heavy atom. The van der Waals surface area contributed by atoms with Gasteiger partial charge in [-0.25, -0.2) is 27.7 Å². The van der Waals surface area contributed by atoms with E-state index in [1.807, 2.05) is 13.0 Å². The molecule has 2 atom stereocenters. The predicted octanol–water partition coefficient (Wildman–Crippen LogP) is 3.48. The van der Waals surface area contributed by atoms with Crippen LogP contribution in [0, 0.1) is 36.2 Å². The Kier molecular flexibility index (Phi) is 5.28. The third kappa shape index (κ3) is 3.85. The van der Waals surface area contributed by atoms with Crippen molar-refractivity contribution in [2.75, 3.05) is 36.5 Å². The van der Waals surface area contributed by atoms with E-state index in [1.54, 1.807) is 24.7 Å². The van der Waals surface area contributed by atoms with Crippen molar-refractivity contribution in [3.8, 4) is 11.1 Å². The van der Waals surface area contributed by atoms with E-state index >= 15 is 0 Å². The van der Waals surface area contributed by atoms with Crippen molar-refractivity contribution in [1.29, 1.82) is 0 Å². The van der Waals surface area contributed by atoms with E-state index in [2.05, 4.69) is 30.3 Å². The van der Waals surface area contributed by atoms with E-state index in [9.17, 15) is 13.2 Å². The fourth-order valence-corrected chi connectivity index (χ4v) is 5.03. The molecule has 0 saturated carbocycles. The van der Waals surface area contributed by atoms with Crippen molar-refractivity contribution in [2.45, 2.75) is 13.0 Å². The molecule has 180 valence electrons. The molecule has 5 heterocycles. The number of ether oxygens (including phenoxy) is 1. The lowest BCUT2D eigenvalue weighted by atomic mass is 9.82. The third-order valence-corrected chi connectivity index (χ3v) is 6.69. The number of hydrogen-bond acceptors (Lipinski definition) is 7. The smallest absolute Gasteiger partial charge is 0.243 e. The summed E-state index contributed by atoms with van der Waals surface area (Å²) in [6.07, 6.45) is 3.26. The summed E-state index contributed by atoms with van der Waals surface area (Å²) in [4.78, 5) is 15.4. The quantitative estimate of drug-likeness (QED) is 0.447. The summed E-state index contributed by atoms with van der Waals surface area (Å²) in [6.45, 7) is 4.63. The molecule has 2 unspecified atom stereocenters. The molecule has 1 aromatic carbocycles. The minimum absolute atomic E-state index is 0.0730. The molecule has 6 rings (SSSR count). The highest BCUT2D eigenvalue weighted by molar-refractivity contribution is 5.78. The minimum atomic E-state index is -1.51. The van der Waals surface area contributed by atoms with Gasteiger partial charge in [0.25, 0.3) is 0 Å². The Balaban J connectivity index is 1.29. The van der Waals surface area contributed by atoms with Gasteiger partial charge in [-0.15, -0.1) is 5.10 Å². The van der Waals surface area contributed by atoms with Crippen molar-refractivity contribution in [2.24, 2.45) is 11.8 Å². The second kappa shape index (κ2) is 8.49. The van der Waals surface area contributed by atoms with Gasteiger partial charge in [0.05, 0.1) is 13.2 Å². The van der Waals surface area contributed by atoms with Crippen LogP contribution in [0.25, 0.3) is 16.8 Å². The number of fused-ring (bicyclic) bond motifs is 3. The van der Waals surface area contributed by atoms with Crippen LogP contribution in [-0.2, 0) is 4.74 Å². The number of nitrogens with zero attached hydrogens (tertiary/aromatic N) is 6. The summed E-state index contributed by atoms with van der Waals surface area (Å²) >= 11 is 0. The first-order valence-corrected chi connectivity index (χ1v) is 11.3. The van der Waals surface area contributed by atoms with Crippen LogP contribution in [0.1, 0.15) is 5.69 Å². The van der Waals surface area contributed by atoms with Crippen molar-refractivity contribution in [1.82, 2.24) is 24.6 Å². The lowest BCUT2D eigenvalue weighted by molar-refractivity contribution is -0.00346. The maximum atomic E-state index is 14.5. The van der Waals surface area contributed by atoms with Gasteiger partial charge in [0.15, 0.2) is 23.1 Å². The summed E-state index contributed by atoms with van der Waals surface area (Å²) in [6, 6.07) is 7.43. The SMILES string of the molecule is Cc1cc(N2CC3COCC(C2)C3Nc2nc3c(-c4ccc(F)c(F)c4F)cccn3n2)ncn1. The van der Waals surface area contributed by atoms with Gasteiger partial charge in [0.2, 0.25) is 5.95 Å². The second-order valence-corrected chi connectivity index (χ2v) is 9.00. The van der Waals surface area contributed by atoms with Crippen molar-refractivity contribution in [3.05, 3.63) is 66.0 Å². The highest BCUT2D eigenvalue weighted by atomic mass is 19.2. The zero-order chi connectivity index (χ0) is 24.1. The fraction of sp³-hybridized carbons (Fsp3) is 0.333. The standard InChI is InChI=1S/C24H22F3N7O/c1-13-7-19(29-12-28-13)33-8-14-10-35-11-15(9-33)22(14)30-24-31-23-17(3-2-6-34(23)32-24)16-4-5-18(25)21(27)20(16)26/h2-7,12,14-15,22H,8-11H2,1H3,(H,30,32). The second-order valence-electron chi connectivity index (χ2n) is 9.00. The minimum Gasteiger partial charge on any atom is -0.381 e. The Bertz CT molecular complexity index is 1400. The van der Waals surface area contributed by atoms with Gasteiger partial charge in [-0.05, 0) is 31.2 Å². The summed E-state index contributed by atoms with van der Waals surface area (Å²) < 4.78 is 49.1. The number of aromatic nitrogens is 5. The highest BCUT2D eigenvalue weighted by Gasteiger charge is 2.41. The first-order valence-electron chi connectivity index (χ1n) is 11.3. The zero-order valence-corrected chi connectivity index (χ0v) is 18.8. The van der Waals surface area contributed by atoms with Gasteiger partial charge in [-0.2, -0.15) is 4.98 Å². The van der Waals surface area contributed by atoms with Gasteiger partial charge in [-0.1, -0.05) is 0 Å². The van der Waals surface area contributed by atoms with Crippen LogP contribution in [-0.4, -0.2) is 56.9 Å². The average Bonchev–Trinajstić information content (AvgIpc) is 3.25. The van der Waals surface area contributed by atoms with Crippen molar-refractivity contribution in [3.63, 3.8) is 0 Å². The van der Waals surface area contributed by atoms with Crippen LogP contribution in [0.2, 0.25) is 0 Å². The third-order valence-electron chi connectivity index (χ3n) is 6.69. The van der Waals surface area contributed by atoms with E-state index in [1.165, 1.54) is 10.6 Å². The Labute approximate surface area is 198 Å². The Hall–Kier alpha value is -3.73. The molecular weight excluding hydrogens is 459 g/mol. The molecule has 8 nitrogen and oxygen atoms in total. The van der Waals surface area contributed by atoms with Gasteiger partial charge >= 0.3 is 0 Å². The number of aryl methyl sites for hydroxylation is 1. The number of benzene rings is 1. The van der Waals surface area contributed by atoms with Crippen LogP contribution in [0.15, 0.2) is 42.9 Å². The van der Waals surface area contributed by atoms with Crippen molar-refractivity contribution < 1.29 is 17.9 Å². The van der Waals surface area contributed by atoms with Crippen LogP contribution in [0.3, 0.4) is 0 Å². The molecule has 2 bridgehead atoms. The molecule has 0 radical (unpaired) electrons. The number of hydrogen-bond donors (Lipinski definition) is 1. The molecule has 35 heavy (non-hydrogen) atoms. The van der Waals surface area contributed by atoms with Crippen molar-refractivity contribution >= 4 is 17.4 Å². The van der Waals surface area contributed by atoms with Crippen LogP contribution in [0.4, 0.5) is 24.9 Å². The molecule has 1 N–H and O–H groups in total. The molecule has 0 aliphatic carbocycles. The van der Waals surface area contributed by atoms with Gasteiger partial charge < -0.3 is 15.0 Å². The summed E-state index contributed by atoms with van der Waals surface area (Å²) in [5.74, 6) is -2.37. The number of halogens is 3. The zero-order valence-electron chi connectivity index (χ0n) is 18.8. The molecule has 2 aliphatic rings. The van der Waals surface area contributed by atoms with E-state index < -0.39 is 17.5 Å². The summed E-state index contributed by atoms with van der Waals surface area (Å²) in [7, 11) is 0. The molecule has 2 fully saturated rings. The van der Waals surface area contributed by atoms with Crippen LogP contribution < -0.4 is 10.2 Å². The normalized spacial score (nSPS) is 21.9. The summed E-state index contributed by atoms with van der Waals surface area (Å²) in [5, 5.41) is 7.97. The fourth-order valence-electron chi connectivity index (χ4n) is 5.03. The van der Waals surface area contributed by atoms with E-state index in [-0.39, 0.29) is 23.4 Å². The number of pyridine rings is 1. The lowest BCUT2D eigenvalue weighted by Gasteiger charge is -2.47. The van der Waals surface area contributed by atoms with E-state index in [4.69, 9.17) is 4.74 Å². The van der Waals surface area contributed by atoms with Gasteiger partial charge in [-0.3, -0.25) is 0 Å². The average molecular weight is 481 g/mol. The molecule has 2 aliphatic heterocycles. The first-order chi connectivity index (χ1) is 17.0. The van der Waals surface area contributed by atoms with E-state index in [0.717, 1.165) is 30.7 Å². The maximum Gasteiger partial charge on any atom is 0.243 e. The molecule has 3 aromatic heterocycles. The van der Waals surface area contributed by atoms with Crippen LogP contribution >= 0.6 is 0 Å². The monoisotopic (exact) mass is 481 g/mol. The van der Waals surface area contributed by atoms with E-state index in [0.29, 0.717) is 30.4 Å². The summed E-state index contributed by atoms with van der Waals surface area (Å²) in [5.41, 5.74) is 1.50. The molecule has 2 saturated heterocycles. The molecule has 4 aromatic rings. The van der Waals surface area contributed by atoms with Gasteiger partial charge in [0, 0.05) is 60.1 Å². The topological polar surface area (TPSA) is 80.5 Å². The van der Waals surface area contributed by atoms with Crippen LogP contribution in [0.5, 0.6) is 0 Å². The molecular formula is C24H22F3N7O. The predicted molar refractivity (Wildman–Crippen MR) is 122 cm³/mol. The highest BCUT2D eigenvalue weighted by Crippen LogP contribution is 2.33. The first kappa shape index (κ1) is 21.8. The molecule has 0 amide bonds. The number of rotatable bonds is 4. The largest absolute Gasteiger partial charge is 0.381 e. The molecule has 11 heteroatoms. The maximum absolute atomic E-state index is 14.5. The van der Waals surface area contributed by atoms with Gasteiger partial charge in [0.1, 0.15) is 12.1 Å². The Morgan fingerprint density at radius 3 is 2.57 bits per heavy atom. The number of nitrogens with one attached hydrogen (secondary N) is 1. The number of anilines is 2. The molecule has 0 spiro atoms. The Morgan fingerprint density at radius 2 is 1.80 bits per heavy atom. The lowest BCUT2D eigenvalue weighted by Crippen LogP contribution is -2.58.